The Labute approximate surface area is 131 Å². The van der Waals surface area contributed by atoms with Crippen LogP contribution in [0.5, 0.6) is 5.75 Å². The minimum Gasteiger partial charge on any atom is -0.489 e. The summed E-state index contributed by atoms with van der Waals surface area (Å²) < 4.78 is 6.15. The Hall–Kier alpha value is -1.02. The van der Waals surface area contributed by atoms with E-state index in [9.17, 15) is 0 Å². The van der Waals surface area contributed by atoms with E-state index in [-0.39, 0.29) is 6.10 Å². The molecule has 0 aromatic heterocycles. The maximum atomic E-state index is 6.15. The third-order valence-corrected chi connectivity index (χ3v) is 3.67. The lowest BCUT2D eigenvalue weighted by Gasteiger charge is -2.23. The third kappa shape index (κ3) is 7.52. The Bertz CT molecular complexity index is 370. The number of hydrogen-bond donors (Lipinski definition) is 1. The lowest BCUT2D eigenvalue weighted by molar-refractivity contribution is 0.148. The van der Waals surface area contributed by atoms with Crippen LogP contribution in [0.3, 0.4) is 0 Å². The van der Waals surface area contributed by atoms with Gasteiger partial charge in [0.25, 0.3) is 0 Å². The number of rotatable bonds is 10. The number of ether oxygens (including phenoxy) is 1. The fourth-order valence-corrected chi connectivity index (χ4v) is 2.22. The van der Waals surface area contributed by atoms with Crippen molar-refractivity contribution in [3.63, 3.8) is 0 Å². The topological polar surface area (TPSA) is 21.3 Å². The lowest BCUT2D eigenvalue weighted by atomic mass is 10.1. The Kier molecular flexibility index (Phi) is 8.44. The molecule has 0 heterocycles. The first-order valence-corrected chi connectivity index (χ1v) is 8.49. The highest BCUT2D eigenvalue weighted by molar-refractivity contribution is 5.27. The molecule has 0 spiro atoms. The number of unbranched alkanes of at least 4 members (excludes halogenated alkanes) is 1. The smallest absolute Gasteiger partial charge is 0.119 e. The van der Waals surface area contributed by atoms with E-state index in [4.69, 9.17) is 4.74 Å². The van der Waals surface area contributed by atoms with Crippen molar-refractivity contribution in [2.45, 2.75) is 60.0 Å². The van der Waals surface area contributed by atoms with Gasteiger partial charge in [-0.05, 0) is 48.9 Å². The van der Waals surface area contributed by atoms with Gasteiger partial charge in [0.2, 0.25) is 0 Å². The van der Waals surface area contributed by atoms with Gasteiger partial charge in [0.15, 0.2) is 0 Å². The van der Waals surface area contributed by atoms with Crippen LogP contribution in [0, 0.1) is 11.8 Å². The summed E-state index contributed by atoms with van der Waals surface area (Å²) in [5.74, 6) is 2.17. The molecular formula is C19H33NO. The van der Waals surface area contributed by atoms with Crippen LogP contribution in [-0.4, -0.2) is 19.2 Å². The Morgan fingerprint density at radius 2 is 1.67 bits per heavy atom. The second-order valence-electron chi connectivity index (χ2n) is 6.70. The van der Waals surface area contributed by atoms with E-state index in [2.05, 4.69) is 64.2 Å². The van der Waals surface area contributed by atoms with Crippen LogP contribution in [0.2, 0.25) is 0 Å². The molecule has 1 N–H and O–H groups in total. The quantitative estimate of drug-likeness (QED) is 0.676. The highest BCUT2D eigenvalue weighted by atomic mass is 16.5. The Balaban J connectivity index is 2.50. The van der Waals surface area contributed by atoms with E-state index in [1.807, 2.05) is 0 Å². The molecule has 0 fully saturated rings. The van der Waals surface area contributed by atoms with Crippen LogP contribution in [-0.2, 0) is 6.42 Å². The molecular weight excluding hydrogens is 258 g/mol. The first-order chi connectivity index (χ1) is 10.0. The first kappa shape index (κ1) is 18.0. The van der Waals surface area contributed by atoms with Gasteiger partial charge >= 0.3 is 0 Å². The second-order valence-corrected chi connectivity index (χ2v) is 6.70. The van der Waals surface area contributed by atoms with Crippen molar-refractivity contribution in [2.75, 3.05) is 13.1 Å². The van der Waals surface area contributed by atoms with Gasteiger partial charge < -0.3 is 10.1 Å². The first-order valence-electron chi connectivity index (χ1n) is 8.49. The van der Waals surface area contributed by atoms with E-state index in [0.29, 0.717) is 11.8 Å². The van der Waals surface area contributed by atoms with Gasteiger partial charge in [-0.25, -0.2) is 0 Å². The van der Waals surface area contributed by atoms with Crippen LogP contribution < -0.4 is 10.1 Å². The molecule has 0 saturated heterocycles. The fourth-order valence-electron chi connectivity index (χ4n) is 2.22. The van der Waals surface area contributed by atoms with Crippen molar-refractivity contribution in [1.82, 2.24) is 5.32 Å². The minimum atomic E-state index is 0.227. The maximum absolute atomic E-state index is 6.15. The van der Waals surface area contributed by atoms with Gasteiger partial charge in [-0.2, -0.15) is 0 Å². The van der Waals surface area contributed by atoms with E-state index in [1.54, 1.807) is 0 Å². The summed E-state index contributed by atoms with van der Waals surface area (Å²) in [6.07, 6.45) is 3.90. The molecule has 1 rings (SSSR count). The standard InChI is InChI=1S/C19H33NO/c1-6-7-8-17-9-11-18(12-10-17)21-19(16(4)5)14-20-13-15(2)3/h9-12,15-16,19-20H,6-8,13-14H2,1-5H3. The summed E-state index contributed by atoms with van der Waals surface area (Å²) in [5, 5.41) is 3.50. The molecule has 120 valence electrons. The molecule has 1 unspecified atom stereocenters. The number of benzene rings is 1. The van der Waals surface area contributed by atoms with Crippen LogP contribution in [0.25, 0.3) is 0 Å². The zero-order chi connectivity index (χ0) is 15.7. The summed E-state index contributed by atoms with van der Waals surface area (Å²) >= 11 is 0. The second kappa shape index (κ2) is 9.83. The van der Waals surface area contributed by atoms with Crippen molar-refractivity contribution in [3.8, 4) is 5.75 Å². The fraction of sp³-hybridized carbons (Fsp3) is 0.684. The number of hydrogen-bond acceptors (Lipinski definition) is 2. The largest absolute Gasteiger partial charge is 0.489 e. The molecule has 0 bridgehead atoms. The minimum absolute atomic E-state index is 0.227. The van der Waals surface area contributed by atoms with Crippen molar-refractivity contribution in [1.29, 1.82) is 0 Å². The highest BCUT2D eigenvalue weighted by Crippen LogP contribution is 2.18. The average Bonchev–Trinajstić information content (AvgIpc) is 2.45. The number of nitrogens with one attached hydrogen (secondary N) is 1. The summed E-state index contributed by atoms with van der Waals surface area (Å²) in [7, 11) is 0. The lowest BCUT2D eigenvalue weighted by Crippen LogP contribution is -2.36. The molecule has 21 heavy (non-hydrogen) atoms. The van der Waals surface area contributed by atoms with Gasteiger partial charge in [-0.3, -0.25) is 0 Å². The Morgan fingerprint density at radius 1 is 1.00 bits per heavy atom. The molecule has 1 aromatic carbocycles. The molecule has 2 nitrogen and oxygen atoms in total. The van der Waals surface area contributed by atoms with Crippen LogP contribution >= 0.6 is 0 Å². The monoisotopic (exact) mass is 291 g/mol. The molecule has 0 aliphatic rings. The van der Waals surface area contributed by atoms with Crippen LogP contribution in [0.1, 0.15) is 53.0 Å². The zero-order valence-electron chi connectivity index (χ0n) is 14.5. The van der Waals surface area contributed by atoms with Crippen LogP contribution in [0.4, 0.5) is 0 Å². The summed E-state index contributed by atoms with van der Waals surface area (Å²) in [5.41, 5.74) is 1.41. The van der Waals surface area contributed by atoms with Gasteiger partial charge in [0.05, 0.1) is 0 Å². The van der Waals surface area contributed by atoms with E-state index < -0.39 is 0 Å². The van der Waals surface area contributed by atoms with Crippen molar-refractivity contribution in [3.05, 3.63) is 29.8 Å². The summed E-state index contributed by atoms with van der Waals surface area (Å²) in [4.78, 5) is 0. The predicted octanol–water partition coefficient (Wildman–Crippen LogP) is 4.68. The molecule has 0 aliphatic carbocycles. The molecule has 1 aromatic rings. The van der Waals surface area contributed by atoms with Gasteiger partial charge in [0.1, 0.15) is 11.9 Å². The molecule has 0 saturated carbocycles. The average molecular weight is 291 g/mol. The predicted molar refractivity (Wildman–Crippen MR) is 92.0 cm³/mol. The van der Waals surface area contributed by atoms with Crippen molar-refractivity contribution < 1.29 is 4.74 Å². The van der Waals surface area contributed by atoms with E-state index in [1.165, 1.54) is 24.8 Å². The third-order valence-electron chi connectivity index (χ3n) is 3.67. The molecule has 1 atom stereocenters. The Morgan fingerprint density at radius 3 is 2.19 bits per heavy atom. The molecule has 2 heteroatoms. The SMILES string of the molecule is CCCCc1ccc(OC(CNCC(C)C)C(C)C)cc1. The van der Waals surface area contributed by atoms with E-state index >= 15 is 0 Å². The summed E-state index contributed by atoms with van der Waals surface area (Å²) in [6.45, 7) is 13.1. The molecule has 0 radical (unpaired) electrons. The highest BCUT2D eigenvalue weighted by Gasteiger charge is 2.15. The molecule has 0 aliphatic heterocycles. The van der Waals surface area contributed by atoms with Crippen molar-refractivity contribution >= 4 is 0 Å². The van der Waals surface area contributed by atoms with Gasteiger partial charge in [-0.15, -0.1) is 0 Å². The van der Waals surface area contributed by atoms with Crippen LogP contribution in [0.15, 0.2) is 24.3 Å². The zero-order valence-corrected chi connectivity index (χ0v) is 14.5. The maximum Gasteiger partial charge on any atom is 0.119 e. The van der Waals surface area contributed by atoms with Gasteiger partial charge in [-0.1, -0.05) is 53.2 Å². The van der Waals surface area contributed by atoms with Gasteiger partial charge in [0, 0.05) is 6.54 Å². The number of aryl methyl sites for hydroxylation is 1. The summed E-state index contributed by atoms with van der Waals surface area (Å²) in [6, 6.07) is 8.62. The normalized spacial score (nSPS) is 12.9. The molecule has 0 amide bonds. The van der Waals surface area contributed by atoms with E-state index in [0.717, 1.165) is 18.8 Å². The van der Waals surface area contributed by atoms with Crippen molar-refractivity contribution in [2.24, 2.45) is 11.8 Å².